The first-order valence-electron chi connectivity index (χ1n) is 12.4. The van der Waals surface area contributed by atoms with Gasteiger partial charge < -0.3 is 10.6 Å². The molecular weight excluding hydrogens is 396 g/mol. The van der Waals surface area contributed by atoms with Crippen LogP contribution in [0.4, 0.5) is 5.82 Å². The van der Waals surface area contributed by atoms with E-state index in [9.17, 15) is 4.79 Å². The molecule has 2 fully saturated rings. The van der Waals surface area contributed by atoms with Gasteiger partial charge >= 0.3 is 0 Å². The molecule has 5 nitrogen and oxygen atoms in total. The number of nitrogens with zero attached hydrogens (tertiary/aromatic N) is 3. The lowest BCUT2D eigenvalue weighted by atomic mass is 9.84. The van der Waals surface area contributed by atoms with Crippen molar-refractivity contribution >= 4 is 11.7 Å². The van der Waals surface area contributed by atoms with Crippen LogP contribution in [0.2, 0.25) is 0 Å². The van der Waals surface area contributed by atoms with Gasteiger partial charge in [0, 0.05) is 36.9 Å². The molecule has 1 aliphatic carbocycles. The molecule has 1 atom stereocenters. The minimum Gasteiger partial charge on any atom is -0.383 e. The van der Waals surface area contributed by atoms with Crippen molar-refractivity contribution in [2.75, 3.05) is 18.8 Å². The minimum atomic E-state index is 0.0808. The Morgan fingerprint density at radius 2 is 1.78 bits per heavy atom. The number of anilines is 1. The van der Waals surface area contributed by atoms with Crippen LogP contribution in [-0.2, 0) is 13.0 Å². The van der Waals surface area contributed by atoms with Crippen LogP contribution in [0.1, 0.15) is 73.9 Å². The van der Waals surface area contributed by atoms with Gasteiger partial charge in [-0.3, -0.25) is 9.69 Å². The van der Waals surface area contributed by atoms with Crippen molar-refractivity contribution in [3.63, 3.8) is 0 Å². The van der Waals surface area contributed by atoms with Crippen LogP contribution in [-0.4, -0.2) is 45.9 Å². The first kappa shape index (κ1) is 21.4. The molecule has 3 aliphatic rings. The number of nitrogens with two attached hydrogens (primary N) is 1. The predicted octanol–water partition coefficient (Wildman–Crippen LogP) is 4.89. The highest BCUT2D eigenvalue weighted by molar-refractivity contribution is 6.02. The van der Waals surface area contributed by atoms with Crippen LogP contribution < -0.4 is 5.73 Å². The highest BCUT2D eigenvalue weighted by Gasteiger charge is 2.34. The largest absolute Gasteiger partial charge is 0.383 e. The van der Waals surface area contributed by atoms with Crippen LogP contribution in [0.25, 0.3) is 11.1 Å². The summed E-state index contributed by atoms with van der Waals surface area (Å²) in [6, 6.07) is 9.84. The molecule has 0 spiro atoms. The van der Waals surface area contributed by atoms with Crippen LogP contribution in [0.3, 0.4) is 0 Å². The van der Waals surface area contributed by atoms with Crippen LogP contribution in [0.15, 0.2) is 30.5 Å². The predicted molar refractivity (Wildman–Crippen MR) is 129 cm³/mol. The molecule has 0 unspecified atom stereocenters. The first-order valence-corrected chi connectivity index (χ1v) is 12.4. The molecule has 32 heavy (non-hydrogen) atoms. The molecule has 2 aliphatic heterocycles. The molecule has 1 aromatic carbocycles. The van der Waals surface area contributed by atoms with Crippen molar-refractivity contribution < 1.29 is 4.79 Å². The van der Waals surface area contributed by atoms with Crippen molar-refractivity contribution in [1.82, 2.24) is 14.8 Å². The van der Waals surface area contributed by atoms with Crippen molar-refractivity contribution in [2.24, 2.45) is 5.92 Å². The number of aromatic nitrogens is 1. The number of hydrogen-bond acceptors (Lipinski definition) is 4. The molecule has 1 amide bonds. The van der Waals surface area contributed by atoms with Gasteiger partial charge in [-0.15, -0.1) is 0 Å². The third kappa shape index (κ3) is 4.03. The van der Waals surface area contributed by atoms with Gasteiger partial charge in [0.05, 0.1) is 5.56 Å². The van der Waals surface area contributed by atoms with Crippen molar-refractivity contribution in [3.8, 4) is 11.1 Å². The number of benzene rings is 1. The highest BCUT2D eigenvalue weighted by atomic mass is 16.2. The Bertz CT molecular complexity index is 978. The summed E-state index contributed by atoms with van der Waals surface area (Å²) in [7, 11) is 0. The lowest BCUT2D eigenvalue weighted by Gasteiger charge is -2.39. The summed E-state index contributed by atoms with van der Waals surface area (Å²) < 4.78 is 0. The van der Waals surface area contributed by atoms with Crippen molar-refractivity contribution in [3.05, 3.63) is 47.2 Å². The van der Waals surface area contributed by atoms with Crippen molar-refractivity contribution in [1.29, 1.82) is 0 Å². The van der Waals surface area contributed by atoms with Gasteiger partial charge in [-0.25, -0.2) is 4.98 Å². The Kier molecular flexibility index (Phi) is 5.93. The molecule has 1 saturated carbocycles. The second-order valence-electron chi connectivity index (χ2n) is 10.2. The van der Waals surface area contributed by atoms with E-state index in [4.69, 9.17) is 5.73 Å². The molecule has 1 aromatic heterocycles. The van der Waals surface area contributed by atoms with E-state index in [0.29, 0.717) is 23.5 Å². The SMILES string of the molecule is CC1CCC(N2CCc3c(-c4ccc(CN5CCC[C@H]5C)cc4)cnc(N)c3C2=O)CC1. The topological polar surface area (TPSA) is 62.5 Å². The van der Waals surface area contributed by atoms with E-state index >= 15 is 0 Å². The first-order chi connectivity index (χ1) is 15.5. The van der Waals surface area contributed by atoms with E-state index in [2.05, 4.69) is 52.9 Å². The third-order valence-corrected chi connectivity index (χ3v) is 8.06. The van der Waals surface area contributed by atoms with E-state index in [-0.39, 0.29) is 5.91 Å². The number of carbonyl (C=O) groups is 1. The zero-order valence-electron chi connectivity index (χ0n) is 19.5. The summed E-state index contributed by atoms with van der Waals surface area (Å²) in [6.07, 6.45) is 9.92. The molecule has 3 heterocycles. The fraction of sp³-hybridized carbons (Fsp3) is 0.556. The zero-order valence-corrected chi connectivity index (χ0v) is 19.5. The number of carbonyl (C=O) groups excluding carboxylic acids is 1. The Balaban J connectivity index is 1.38. The van der Waals surface area contributed by atoms with E-state index in [1.807, 2.05) is 6.20 Å². The molecule has 170 valence electrons. The number of nitrogen functional groups attached to an aromatic ring is 1. The number of fused-ring (bicyclic) bond motifs is 1. The molecule has 5 heteroatoms. The Morgan fingerprint density at radius 3 is 2.47 bits per heavy atom. The molecule has 2 N–H and O–H groups in total. The summed E-state index contributed by atoms with van der Waals surface area (Å²) in [6.45, 7) is 7.62. The second kappa shape index (κ2) is 8.86. The van der Waals surface area contributed by atoms with E-state index in [1.54, 1.807) is 0 Å². The maximum atomic E-state index is 13.5. The molecular formula is C27H36N4O. The lowest BCUT2D eigenvalue weighted by molar-refractivity contribution is 0.0596. The van der Waals surface area contributed by atoms with Gasteiger partial charge in [0.25, 0.3) is 5.91 Å². The summed E-state index contributed by atoms with van der Waals surface area (Å²) >= 11 is 0. The summed E-state index contributed by atoms with van der Waals surface area (Å²) in [5, 5.41) is 0. The third-order valence-electron chi connectivity index (χ3n) is 8.06. The average molecular weight is 433 g/mol. The minimum absolute atomic E-state index is 0.0808. The standard InChI is InChI=1S/C27H36N4O/c1-18-5-11-22(12-6-18)31-15-13-23-24(16-29-26(28)25(23)27(31)32)21-9-7-20(8-10-21)17-30-14-3-4-19(30)2/h7-10,16,18-19,22H,3-6,11-15,17H2,1-2H3,(H2,28,29)/t18?,19-,22?/m1/s1. The molecule has 2 aromatic rings. The van der Waals surface area contributed by atoms with E-state index in [0.717, 1.165) is 55.0 Å². The van der Waals surface area contributed by atoms with Gasteiger partial charge in [0.2, 0.25) is 0 Å². The average Bonchev–Trinajstić information content (AvgIpc) is 3.20. The number of amides is 1. The summed E-state index contributed by atoms with van der Waals surface area (Å²) in [5.41, 5.74) is 11.5. The van der Waals surface area contributed by atoms with Gasteiger partial charge in [0.15, 0.2) is 0 Å². The summed E-state index contributed by atoms with van der Waals surface area (Å²) in [5.74, 6) is 1.23. The van der Waals surface area contributed by atoms with Gasteiger partial charge in [0.1, 0.15) is 5.82 Å². The highest BCUT2D eigenvalue weighted by Crippen LogP contribution is 2.36. The zero-order chi connectivity index (χ0) is 22.2. The van der Waals surface area contributed by atoms with Gasteiger partial charge in [-0.05, 0) is 81.0 Å². The number of rotatable bonds is 4. The lowest BCUT2D eigenvalue weighted by Crippen LogP contribution is -2.46. The van der Waals surface area contributed by atoms with Crippen LogP contribution in [0.5, 0.6) is 0 Å². The maximum absolute atomic E-state index is 13.5. The van der Waals surface area contributed by atoms with Crippen LogP contribution >= 0.6 is 0 Å². The molecule has 1 saturated heterocycles. The Labute approximate surface area is 192 Å². The van der Waals surface area contributed by atoms with Gasteiger partial charge in [-0.2, -0.15) is 0 Å². The monoisotopic (exact) mass is 432 g/mol. The van der Waals surface area contributed by atoms with Crippen LogP contribution in [0, 0.1) is 5.92 Å². The smallest absolute Gasteiger partial charge is 0.258 e. The molecule has 5 rings (SSSR count). The quantitative estimate of drug-likeness (QED) is 0.747. The Morgan fingerprint density at radius 1 is 1.03 bits per heavy atom. The van der Waals surface area contributed by atoms with Gasteiger partial charge in [-0.1, -0.05) is 31.2 Å². The van der Waals surface area contributed by atoms with E-state index < -0.39 is 0 Å². The number of pyridine rings is 1. The Hall–Kier alpha value is -2.40. The fourth-order valence-electron chi connectivity index (χ4n) is 5.94. The van der Waals surface area contributed by atoms with Crippen molar-refractivity contribution in [2.45, 2.75) is 77.4 Å². The van der Waals surface area contributed by atoms with E-state index in [1.165, 1.54) is 37.8 Å². The fourth-order valence-corrected chi connectivity index (χ4v) is 5.94. The maximum Gasteiger partial charge on any atom is 0.258 e. The normalized spacial score (nSPS) is 26.4. The second-order valence-corrected chi connectivity index (χ2v) is 10.2. The molecule has 0 radical (unpaired) electrons. The summed E-state index contributed by atoms with van der Waals surface area (Å²) in [4.78, 5) is 22.6. The number of likely N-dealkylation sites (tertiary alicyclic amines) is 1. The number of hydrogen-bond donors (Lipinski definition) is 1. The molecule has 0 bridgehead atoms.